The van der Waals surface area contributed by atoms with Gasteiger partial charge in [-0.05, 0) is 50.0 Å². The van der Waals surface area contributed by atoms with Crippen LogP contribution in [0.25, 0.3) is 0 Å². The van der Waals surface area contributed by atoms with E-state index in [1.165, 1.54) is 11.3 Å². The van der Waals surface area contributed by atoms with Crippen molar-refractivity contribution in [1.29, 1.82) is 0 Å². The van der Waals surface area contributed by atoms with E-state index < -0.39 is 14.1 Å². The highest BCUT2D eigenvalue weighted by Crippen LogP contribution is 2.44. The van der Waals surface area contributed by atoms with Gasteiger partial charge in [0, 0.05) is 6.42 Å². The van der Waals surface area contributed by atoms with Crippen molar-refractivity contribution in [3.63, 3.8) is 0 Å². The van der Waals surface area contributed by atoms with Gasteiger partial charge in [-0.3, -0.25) is 0 Å². The monoisotopic (exact) mass is 429 g/mol. The smallest absolute Gasteiger partial charge is 0.202 e. The minimum absolute atomic E-state index is 0.0376. The molecule has 0 spiro atoms. The SMILES string of the molecule is CCC(O)(O[Si](C)(C)C(C)(C)C)c1nc(Br)sc1Br. The number of thiazole rings is 1. The summed E-state index contributed by atoms with van der Waals surface area (Å²) in [6, 6.07) is 0. The molecular weight excluding hydrogens is 410 g/mol. The molecule has 0 aliphatic heterocycles. The van der Waals surface area contributed by atoms with E-state index >= 15 is 0 Å². The van der Waals surface area contributed by atoms with Gasteiger partial charge in [0.15, 0.2) is 12.2 Å². The van der Waals surface area contributed by atoms with Gasteiger partial charge in [-0.2, -0.15) is 0 Å². The zero-order chi connectivity index (χ0) is 15.1. The summed E-state index contributed by atoms with van der Waals surface area (Å²) in [5.74, 6) is -1.33. The number of rotatable bonds is 4. The van der Waals surface area contributed by atoms with Crippen LogP contribution >= 0.6 is 43.2 Å². The molecule has 1 N–H and O–H groups in total. The summed E-state index contributed by atoms with van der Waals surface area (Å²) in [6.45, 7) is 12.6. The summed E-state index contributed by atoms with van der Waals surface area (Å²) >= 11 is 8.24. The Hall–Kier alpha value is 0.727. The molecule has 7 heteroatoms. The highest BCUT2D eigenvalue weighted by atomic mass is 79.9. The van der Waals surface area contributed by atoms with Crippen LogP contribution in [0.4, 0.5) is 0 Å². The second kappa shape index (κ2) is 5.85. The van der Waals surface area contributed by atoms with Crippen LogP contribution in [0, 0.1) is 0 Å². The Morgan fingerprint density at radius 3 is 2.16 bits per heavy atom. The molecule has 0 saturated carbocycles. The van der Waals surface area contributed by atoms with E-state index in [4.69, 9.17) is 4.43 Å². The predicted molar refractivity (Wildman–Crippen MR) is 90.0 cm³/mol. The molecule has 0 aromatic carbocycles. The molecule has 19 heavy (non-hydrogen) atoms. The van der Waals surface area contributed by atoms with E-state index in [2.05, 4.69) is 70.7 Å². The molecule has 0 bridgehead atoms. The average molecular weight is 431 g/mol. The molecule has 3 nitrogen and oxygen atoms in total. The lowest BCUT2D eigenvalue weighted by atomic mass is 10.1. The third-order valence-electron chi connectivity index (χ3n) is 3.64. The molecular formula is C12H21Br2NO2SSi. The minimum Gasteiger partial charge on any atom is -0.385 e. The molecule has 1 rings (SSSR count). The Kier molecular flexibility index (Phi) is 5.47. The molecule has 0 saturated heterocycles. The van der Waals surface area contributed by atoms with Crippen molar-refractivity contribution in [2.24, 2.45) is 0 Å². The van der Waals surface area contributed by atoms with Crippen molar-refractivity contribution in [3.05, 3.63) is 13.4 Å². The highest BCUT2D eigenvalue weighted by Gasteiger charge is 2.46. The Bertz CT molecular complexity index is 459. The Morgan fingerprint density at radius 2 is 1.84 bits per heavy atom. The maximum atomic E-state index is 10.9. The lowest BCUT2D eigenvalue weighted by molar-refractivity contribution is -0.161. The molecule has 0 aliphatic carbocycles. The van der Waals surface area contributed by atoms with Crippen LogP contribution in [0.2, 0.25) is 18.1 Å². The fraction of sp³-hybridized carbons (Fsp3) is 0.750. The molecule has 110 valence electrons. The van der Waals surface area contributed by atoms with Crippen molar-refractivity contribution in [2.45, 2.75) is 58.0 Å². The first-order valence-electron chi connectivity index (χ1n) is 6.18. The van der Waals surface area contributed by atoms with Gasteiger partial charge in [0.05, 0.1) is 3.79 Å². The molecule has 1 unspecified atom stereocenters. The fourth-order valence-electron chi connectivity index (χ4n) is 1.38. The predicted octanol–water partition coefficient (Wildman–Crippen LogP) is 5.25. The van der Waals surface area contributed by atoms with E-state index in [0.29, 0.717) is 12.1 Å². The first kappa shape index (κ1) is 17.8. The van der Waals surface area contributed by atoms with Crippen LogP contribution in [0.15, 0.2) is 7.70 Å². The summed E-state index contributed by atoms with van der Waals surface area (Å²) in [5, 5.41) is 10.9. The number of halogens is 2. The molecule has 1 heterocycles. The standard InChI is InChI=1S/C12H21Br2NO2SSi/c1-7-12(16,8-9(13)18-10(14)15-8)17-19(5,6)11(2,3)4/h16H,7H2,1-6H3. The number of hydrogen-bond acceptors (Lipinski definition) is 4. The summed E-state index contributed by atoms with van der Waals surface area (Å²) in [6.07, 6.45) is 0.467. The number of aromatic nitrogens is 1. The maximum Gasteiger partial charge on any atom is 0.202 e. The highest BCUT2D eigenvalue weighted by molar-refractivity contribution is 9.12. The van der Waals surface area contributed by atoms with Gasteiger partial charge in [0.25, 0.3) is 0 Å². The Labute approximate surface area is 137 Å². The summed E-state index contributed by atoms with van der Waals surface area (Å²) < 4.78 is 7.75. The van der Waals surface area contributed by atoms with Gasteiger partial charge in [-0.25, -0.2) is 4.98 Å². The summed E-state index contributed by atoms with van der Waals surface area (Å²) in [4.78, 5) is 4.35. The van der Waals surface area contributed by atoms with Gasteiger partial charge in [-0.15, -0.1) is 0 Å². The van der Waals surface area contributed by atoms with Gasteiger partial charge < -0.3 is 9.53 Å². The van der Waals surface area contributed by atoms with Gasteiger partial charge >= 0.3 is 0 Å². The zero-order valence-electron chi connectivity index (χ0n) is 12.2. The van der Waals surface area contributed by atoms with E-state index in [1.807, 2.05) is 6.92 Å². The van der Waals surface area contributed by atoms with Crippen molar-refractivity contribution < 1.29 is 9.53 Å². The molecule has 1 atom stereocenters. The molecule has 1 aromatic heterocycles. The van der Waals surface area contributed by atoms with Crippen LogP contribution in [-0.2, 0) is 10.2 Å². The molecule has 0 radical (unpaired) electrons. The quantitative estimate of drug-likeness (QED) is 0.524. The zero-order valence-corrected chi connectivity index (χ0v) is 17.2. The largest absolute Gasteiger partial charge is 0.385 e. The molecule has 0 fully saturated rings. The lowest BCUT2D eigenvalue weighted by Gasteiger charge is -2.42. The van der Waals surface area contributed by atoms with Crippen molar-refractivity contribution in [3.8, 4) is 0 Å². The van der Waals surface area contributed by atoms with E-state index in [1.54, 1.807) is 0 Å². The van der Waals surface area contributed by atoms with Crippen molar-refractivity contribution >= 4 is 51.5 Å². The molecule has 1 aromatic rings. The third-order valence-corrected chi connectivity index (χ3v) is 10.3. The third kappa shape index (κ3) is 3.88. The van der Waals surface area contributed by atoms with Crippen LogP contribution in [0.3, 0.4) is 0 Å². The first-order chi connectivity index (χ1) is 8.43. The molecule has 0 aliphatic rings. The minimum atomic E-state index is -2.08. The fourth-order valence-corrected chi connectivity index (χ4v) is 5.53. The van der Waals surface area contributed by atoms with E-state index in [-0.39, 0.29) is 5.04 Å². The second-order valence-electron chi connectivity index (χ2n) is 6.09. The van der Waals surface area contributed by atoms with Crippen molar-refractivity contribution in [2.75, 3.05) is 0 Å². The second-order valence-corrected chi connectivity index (χ2v) is 14.4. The van der Waals surface area contributed by atoms with E-state index in [9.17, 15) is 5.11 Å². The number of aliphatic hydroxyl groups is 1. The Morgan fingerprint density at radius 1 is 1.32 bits per heavy atom. The van der Waals surface area contributed by atoms with Gasteiger partial charge in [0.1, 0.15) is 5.69 Å². The average Bonchev–Trinajstić information content (AvgIpc) is 2.56. The van der Waals surface area contributed by atoms with Crippen LogP contribution < -0.4 is 0 Å². The van der Waals surface area contributed by atoms with E-state index in [0.717, 1.165) is 7.70 Å². The number of hydrogen-bond donors (Lipinski definition) is 1. The summed E-state index contributed by atoms with van der Waals surface area (Å²) in [7, 11) is -2.08. The molecule has 0 amide bonds. The first-order valence-corrected chi connectivity index (χ1v) is 11.5. The topological polar surface area (TPSA) is 42.4 Å². The number of nitrogens with zero attached hydrogens (tertiary/aromatic N) is 1. The summed E-state index contributed by atoms with van der Waals surface area (Å²) in [5.41, 5.74) is 0.566. The van der Waals surface area contributed by atoms with Crippen molar-refractivity contribution in [1.82, 2.24) is 4.98 Å². The Balaban J connectivity index is 3.16. The van der Waals surface area contributed by atoms with Crippen LogP contribution in [0.5, 0.6) is 0 Å². The normalized spacial score (nSPS) is 16.5. The van der Waals surface area contributed by atoms with Crippen LogP contribution in [0.1, 0.15) is 39.8 Å². The van der Waals surface area contributed by atoms with Crippen LogP contribution in [-0.4, -0.2) is 18.4 Å². The van der Waals surface area contributed by atoms with Gasteiger partial charge in [0.2, 0.25) is 5.79 Å². The maximum absolute atomic E-state index is 10.9. The lowest BCUT2D eigenvalue weighted by Crippen LogP contribution is -2.48. The van der Waals surface area contributed by atoms with Gasteiger partial charge in [-0.1, -0.05) is 39.0 Å².